The van der Waals surface area contributed by atoms with Gasteiger partial charge in [-0.25, -0.2) is 9.18 Å². The molecule has 130 valence electrons. The van der Waals surface area contributed by atoms with Gasteiger partial charge < -0.3 is 19.7 Å². The molecule has 1 aliphatic rings. The number of nitrogens with zero attached hydrogens (tertiary/aromatic N) is 1. The lowest BCUT2D eigenvalue weighted by atomic mass is 10.2. The number of esters is 1. The highest BCUT2D eigenvalue weighted by molar-refractivity contribution is 7.80. The Morgan fingerprint density at radius 1 is 1.36 bits per heavy atom. The standard InChI is InChI=1S/C18H17FN2O3S/c1-11-7-8-12(9-13(11)19)20-18(25)21-10-16(17(22)23-2)24-15-6-4-3-5-14(15)21/h3-9,16H,10H2,1-2H3,(H,20,25)/t16-/m1/s1. The van der Waals surface area contributed by atoms with E-state index in [4.69, 9.17) is 21.7 Å². The summed E-state index contributed by atoms with van der Waals surface area (Å²) in [7, 11) is 1.31. The van der Waals surface area contributed by atoms with E-state index in [0.717, 1.165) is 5.69 Å². The smallest absolute Gasteiger partial charge is 0.348 e. The molecule has 0 bridgehead atoms. The first-order valence-electron chi connectivity index (χ1n) is 7.68. The predicted molar refractivity (Wildman–Crippen MR) is 97.6 cm³/mol. The summed E-state index contributed by atoms with van der Waals surface area (Å²) < 4.78 is 24.2. The molecule has 0 fully saturated rings. The summed E-state index contributed by atoms with van der Waals surface area (Å²) in [6.45, 7) is 1.89. The Balaban J connectivity index is 1.87. The number of para-hydroxylation sites is 2. The van der Waals surface area contributed by atoms with E-state index in [1.165, 1.54) is 13.2 Å². The first-order chi connectivity index (χ1) is 12.0. The fraction of sp³-hybridized carbons (Fsp3) is 0.222. The molecule has 0 spiro atoms. The Labute approximate surface area is 150 Å². The molecule has 0 saturated carbocycles. The lowest BCUT2D eigenvalue weighted by Gasteiger charge is -2.35. The molecule has 1 heterocycles. The van der Waals surface area contributed by atoms with Crippen molar-refractivity contribution in [2.24, 2.45) is 0 Å². The first kappa shape index (κ1) is 17.2. The van der Waals surface area contributed by atoms with Crippen molar-refractivity contribution in [3.63, 3.8) is 0 Å². The van der Waals surface area contributed by atoms with Gasteiger partial charge in [0.05, 0.1) is 19.3 Å². The number of benzene rings is 2. The van der Waals surface area contributed by atoms with Crippen molar-refractivity contribution < 1.29 is 18.7 Å². The van der Waals surface area contributed by atoms with E-state index in [1.807, 2.05) is 18.2 Å². The third-order valence-electron chi connectivity index (χ3n) is 3.91. The van der Waals surface area contributed by atoms with Gasteiger partial charge in [-0.05, 0) is 49.0 Å². The average Bonchev–Trinajstić information content (AvgIpc) is 2.63. The Hall–Kier alpha value is -2.67. The van der Waals surface area contributed by atoms with E-state index in [2.05, 4.69) is 5.32 Å². The van der Waals surface area contributed by atoms with Crippen LogP contribution < -0.4 is 15.0 Å². The number of halogens is 1. The normalized spacial score (nSPS) is 15.8. The first-order valence-corrected chi connectivity index (χ1v) is 8.08. The van der Waals surface area contributed by atoms with Crippen LogP contribution in [0.25, 0.3) is 0 Å². The molecule has 0 saturated heterocycles. The minimum absolute atomic E-state index is 0.198. The maximum Gasteiger partial charge on any atom is 0.348 e. The van der Waals surface area contributed by atoms with Crippen molar-refractivity contribution in [1.29, 1.82) is 0 Å². The predicted octanol–water partition coefficient (Wildman–Crippen LogP) is 3.27. The largest absolute Gasteiger partial charge is 0.475 e. The number of carbonyl (C=O) groups is 1. The number of anilines is 2. The second-order valence-electron chi connectivity index (χ2n) is 5.60. The third kappa shape index (κ3) is 3.56. The molecule has 0 aliphatic carbocycles. The van der Waals surface area contributed by atoms with Crippen molar-refractivity contribution >= 4 is 34.7 Å². The maximum absolute atomic E-state index is 13.7. The molecule has 0 radical (unpaired) electrons. The highest BCUT2D eigenvalue weighted by Gasteiger charge is 2.33. The molecule has 2 aromatic rings. The number of aryl methyl sites for hydroxylation is 1. The van der Waals surface area contributed by atoms with Crippen LogP contribution in [0.15, 0.2) is 42.5 Å². The zero-order valence-corrected chi connectivity index (χ0v) is 14.6. The van der Waals surface area contributed by atoms with Crippen LogP contribution in [-0.4, -0.2) is 30.8 Å². The molecule has 25 heavy (non-hydrogen) atoms. The molecular weight excluding hydrogens is 343 g/mol. The number of hydrogen-bond donors (Lipinski definition) is 1. The maximum atomic E-state index is 13.7. The SMILES string of the molecule is COC(=O)[C@H]1CN(C(=S)Nc2ccc(C)c(F)c2)c2ccccc2O1. The van der Waals surface area contributed by atoms with Crippen LogP contribution in [0.2, 0.25) is 0 Å². The lowest BCUT2D eigenvalue weighted by Crippen LogP contribution is -2.48. The summed E-state index contributed by atoms with van der Waals surface area (Å²) in [6, 6.07) is 12.0. The van der Waals surface area contributed by atoms with E-state index >= 15 is 0 Å². The van der Waals surface area contributed by atoms with Gasteiger partial charge >= 0.3 is 5.97 Å². The second-order valence-corrected chi connectivity index (χ2v) is 5.99. The van der Waals surface area contributed by atoms with Gasteiger partial charge in [-0.3, -0.25) is 0 Å². The zero-order chi connectivity index (χ0) is 18.0. The monoisotopic (exact) mass is 360 g/mol. The van der Waals surface area contributed by atoms with E-state index in [9.17, 15) is 9.18 Å². The summed E-state index contributed by atoms with van der Waals surface area (Å²) in [5, 5.41) is 3.35. The van der Waals surface area contributed by atoms with Gasteiger partial charge in [-0.15, -0.1) is 0 Å². The quantitative estimate of drug-likeness (QED) is 0.655. The zero-order valence-electron chi connectivity index (χ0n) is 13.8. The van der Waals surface area contributed by atoms with E-state index in [0.29, 0.717) is 22.1 Å². The number of ether oxygens (including phenoxy) is 2. The number of hydrogen-bond acceptors (Lipinski definition) is 4. The molecule has 7 heteroatoms. The molecule has 1 atom stereocenters. The topological polar surface area (TPSA) is 50.8 Å². The minimum Gasteiger partial charge on any atom is -0.475 e. The van der Waals surface area contributed by atoms with Gasteiger partial charge in [-0.1, -0.05) is 18.2 Å². The molecular formula is C18H17FN2O3S. The summed E-state index contributed by atoms with van der Waals surface area (Å²) >= 11 is 5.47. The molecule has 1 N–H and O–H groups in total. The highest BCUT2D eigenvalue weighted by Crippen LogP contribution is 2.33. The third-order valence-corrected chi connectivity index (χ3v) is 4.23. The lowest BCUT2D eigenvalue weighted by molar-refractivity contribution is -0.148. The van der Waals surface area contributed by atoms with Crippen LogP contribution in [0.4, 0.5) is 15.8 Å². The molecule has 0 aromatic heterocycles. The van der Waals surface area contributed by atoms with Gasteiger partial charge in [-0.2, -0.15) is 0 Å². The van der Waals surface area contributed by atoms with Crippen molar-refractivity contribution in [1.82, 2.24) is 0 Å². The van der Waals surface area contributed by atoms with Crippen LogP contribution in [0.1, 0.15) is 5.56 Å². The van der Waals surface area contributed by atoms with Crippen LogP contribution in [0.5, 0.6) is 5.75 Å². The van der Waals surface area contributed by atoms with Crippen molar-refractivity contribution in [2.75, 3.05) is 23.9 Å². The second kappa shape index (κ2) is 7.06. The van der Waals surface area contributed by atoms with Crippen LogP contribution in [0.3, 0.4) is 0 Å². The highest BCUT2D eigenvalue weighted by atomic mass is 32.1. The Morgan fingerprint density at radius 2 is 2.12 bits per heavy atom. The van der Waals surface area contributed by atoms with Crippen molar-refractivity contribution in [2.45, 2.75) is 13.0 Å². The van der Waals surface area contributed by atoms with Crippen LogP contribution in [-0.2, 0) is 9.53 Å². The Kier molecular flexibility index (Phi) is 4.85. The Bertz CT molecular complexity index is 828. The van der Waals surface area contributed by atoms with Gasteiger partial charge in [0.25, 0.3) is 0 Å². The molecule has 3 rings (SSSR count). The molecule has 1 aliphatic heterocycles. The van der Waals surface area contributed by atoms with E-state index in [1.54, 1.807) is 30.0 Å². The van der Waals surface area contributed by atoms with Crippen LogP contribution >= 0.6 is 12.2 Å². The summed E-state index contributed by atoms with van der Waals surface area (Å²) in [4.78, 5) is 13.6. The van der Waals surface area contributed by atoms with E-state index in [-0.39, 0.29) is 12.4 Å². The number of methoxy groups -OCH3 is 1. The number of rotatable bonds is 2. The van der Waals surface area contributed by atoms with E-state index < -0.39 is 12.1 Å². The van der Waals surface area contributed by atoms with Crippen LogP contribution in [0, 0.1) is 12.7 Å². The fourth-order valence-corrected chi connectivity index (χ4v) is 2.83. The summed E-state index contributed by atoms with van der Waals surface area (Å²) in [5.74, 6) is -0.269. The van der Waals surface area contributed by atoms with Gasteiger partial charge in [0.15, 0.2) is 5.11 Å². The van der Waals surface area contributed by atoms with Crippen molar-refractivity contribution in [3.05, 3.63) is 53.8 Å². The fourth-order valence-electron chi connectivity index (χ4n) is 2.54. The van der Waals surface area contributed by atoms with Gasteiger partial charge in [0.1, 0.15) is 11.6 Å². The molecule has 2 aromatic carbocycles. The minimum atomic E-state index is -0.797. The molecule has 0 unspecified atom stereocenters. The number of fused-ring (bicyclic) bond motifs is 1. The molecule has 5 nitrogen and oxygen atoms in total. The number of nitrogens with one attached hydrogen (secondary N) is 1. The van der Waals surface area contributed by atoms with Gasteiger partial charge in [0, 0.05) is 5.69 Å². The average molecular weight is 360 g/mol. The summed E-state index contributed by atoms with van der Waals surface area (Å²) in [6.07, 6.45) is -0.797. The Morgan fingerprint density at radius 3 is 2.84 bits per heavy atom. The van der Waals surface area contributed by atoms with Gasteiger partial charge in [0.2, 0.25) is 6.10 Å². The summed E-state index contributed by atoms with van der Waals surface area (Å²) in [5.41, 5.74) is 1.82. The number of carbonyl (C=O) groups excluding carboxylic acids is 1. The van der Waals surface area contributed by atoms with Crippen molar-refractivity contribution in [3.8, 4) is 5.75 Å². The number of thiocarbonyl (C=S) groups is 1. The molecule has 0 amide bonds.